The van der Waals surface area contributed by atoms with E-state index in [1.54, 1.807) is 24.8 Å². The van der Waals surface area contributed by atoms with Gasteiger partial charge in [-0.05, 0) is 25.3 Å². The minimum atomic E-state index is 0.0286. The minimum absolute atomic E-state index is 0.0286. The van der Waals surface area contributed by atoms with E-state index in [0.717, 1.165) is 24.0 Å². The summed E-state index contributed by atoms with van der Waals surface area (Å²) in [6, 6.07) is 2.23. The fourth-order valence-corrected chi connectivity index (χ4v) is 2.31. The molecule has 1 fully saturated rings. The molecule has 0 N–H and O–H groups in total. The van der Waals surface area contributed by atoms with E-state index in [4.69, 9.17) is 0 Å². The zero-order valence-corrected chi connectivity index (χ0v) is 11.4. The second-order valence-corrected chi connectivity index (χ2v) is 5.09. The molecule has 1 aliphatic carbocycles. The molecule has 0 spiro atoms. The quantitative estimate of drug-likeness (QED) is 0.856. The van der Waals surface area contributed by atoms with Crippen molar-refractivity contribution in [3.63, 3.8) is 0 Å². The Morgan fingerprint density at radius 3 is 2.45 bits per heavy atom. The largest absolute Gasteiger partial charge is 0.339 e. The topological polar surface area (TPSA) is 59.0 Å². The van der Waals surface area contributed by atoms with Crippen LogP contribution in [0.5, 0.6) is 0 Å². The van der Waals surface area contributed by atoms with Gasteiger partial charge in [0.25, 0.3) is 5.91 Å². The Hall–Kier alpha value is -2.30. The van der Waals surface area contributed by atoms with E-state index in [9.17, 15) is 4.79 Å². The Kier molecular flexibility index (Phi) is 3.41. The minimum Gasteiger partial charge on any atom is -0.339 e. The lowest BCUT2D eigenvalue weighted by atomic mass is 9.91. The molecule has 0 saturated heterocycles. The van der Waals surface area contributed by atoms with E-state index >= 15 is 0 Å². The van der Waals surface area contributed by atoms with Gasteiger partial charge in [-0.2, -0.15) is 0 Å². The van der Waals surface area contributed by atoms with E-state index < -0.39 is 0 Å². The van der Waals surface area contributed by atoms with Crippen LogP contribution >= 0.6 is 0 Å². The van der Waals surface area contributed by atoms with Gasteiger partial charge in [-0.25, -0.2) is 9.97 Å². The van der Waals surface area contributed by atoms with E-state index in [1.165, 1.54) is 12.7 Å². The molecule has 3 rings (SSSR count). The van der Waals surface area contributed by atoms with Gasteiger partial charge in [0.2, 0.25) is 0 Å². The van der Waals surface area contributed by atoms with E-state index in [2.05, 4.69) is 15.0 Å². The van der Waals surface area contributed by atoms with Crippen LogP contribution in [0, 0.1) is 0 Å². The monoisotopic (exact) mass is 268 g/mol. The Labute approximate surface area is 117 Å². The number of hydrogen-bond donors (Lipinski definition) is 0. The van der Waals surface area contributed by atoms with Gasteiger partial charge < -0.3 is 4.90 Å². The Morgan fingerprint density at radius 2 is 1.80 bits per heavy atom. The first kappa shape index (κ1) is 12.7. The van der Waals surface area contributed by atoms with Crippen molar-refractivity contribution in [2.75, 3.05) is 7.05 Å². The number of aromatic nitrogens is 3. The van der Waals surface area contributed by atoms with Crippen molar-refractivity contribution >= 4 is 5.91 Å². The molecule has 1 amide bonds. The van der Waals surface area contributed by atoms with Crippen LogP contribution in [0.4, 0.5) is 0 Å². The molecule has 2 heterocycles. The zero-order valence-electron chi connectivity index (χ0n) is 11.4. The molecule has 0 bridgehead atoms. The van der Waals surface area contributed by atoms with Crippen molar-refractivity contribution in [2.24, 2.45) is 0 Å². The van der Waals surface area contributed by atoms with Crippen LogP contribution < -0.4 is 0 Å². The van der Waals surface area contributed by atoms with E-state index in [1.807, 2.05) is 18.0 Å². The maximum absolute atomic E-state index is 12.4. The smallest absolute Gasteiger partial charge is 0.255 e. The first-order valence-corrected chi connectivity index (χ1v) is 6.73. The lowest BCUT2D eigenvalue weighted by molar-refractivity contribution is 0.0651. The predicted octanol–water partition coefficient (Wildman–Crippen LogP) is 2.16. The van der Waals surface area contributed by atoms with Gasteiger partial charge in [0, 0.05) is 49.0 Å². The summed E-state index contributed by atoms with van der Waals surface area (Å²) in [5, 5.41) is 0. The lowest BCUT2D eigenvalue weighted by Gasteiger charge is -2.34. The fraction of sp³-hybridized carbons (Fsp3) is 0.333. The molecule has 0 aromatic carbocycles. The van der Waals surface area contributed by atoms with Gasteiger partial charge in [-0.15, -0.1) is 0 Å². The summed E-state index contributed by atoms with van der Waals surface area (Å²) in [6.07, 6.45) is 11.7. The number of nitrogens with zero attached hydrogens (tertiary/aromatic N) is 4. The van der Waals surface area contributed by atoms with Crippen molar-refractivity contribution < 1.29 is 4.79 Å². The molecule has 0 aliphatic heterocycles. The second kappa shape index (κ2) is 5.36. The molecule has 5 nitrogen and oxygen atoms in total. The van der Waals surface area contributed by atoms with Crippen molar-refractivity contribution in [2.45, 2.75) is 25.3 Å². The highest BCUT2D eigenvalue weighted by Crippen LogP contribution is 2.25. The lowest BCUT2D eigenvalue weighted by Crippen LogP contribution is -2.41. The average molecular weight is 268 g/mol. The molecule has 2 aromatic rings. The van der Waals surface area contributed by atoms with Crippen molar-refractivity contribution in [1.82, 2.24) is 19.9 Å². The summed E-state index contributed by atoms with van der Waals surface area (Å²) >= 11 is 0. The maximum atomic E-state index is 12.4. The number of rotatable bonds is 3. The summed E-state index contributed by atoms with van der Waals surface area (Å²) in [7, 11) is 1.87. The van der Waals surface area contributed by atoms with Crippen molar-refractivity contribution in [3.05, 3.63) is 42.7 Å². The van der Waals surface area contributed by atoms with Gasteiger partial charge in [-0.3, -0.25) is 9.78 Å². The summed E-state index contributed by atoms with van der Waals surface area (Å²) < 4.78 is 0. The standard InChI is InChI=1S/C15H16N4O/c1-19(14-3-2-4-14)15(20)12-5-11(6-16-7-12)13-8-17-10-18-9-13/h5-10,14H,2-4H2,1H3. The average Bonchev–Trinajstić information content (AvgIpc) is 2.46. The molecular formula is C15H16N4O. The van der Waals surface area contributed by atoms with Crippen LogP contribution in [0.1, 0.15) is 29.6 Å². The fourth-order valence-electron chi connectivity index (χ4n) is 2.31. The van der Waals surface area contributed by atoms with Gasteiger partial charge in [0.05, 0.1) is 5.56 Å². The SMILES string of the molecule is CN(C(=O)c1cncc(-c2cncnc2)c1)C1CCC1. The number of carbonyl (C=O) groups is 1. The highest BCUT2D eigenvalue weighted by atomic mass is 16.2. The molecule has 0 radical (unpaired) electrons. The predicted molar refractivity (Wildman–Crippen MR) is 75.0 cm³/mol. The zero-order chi connectivity index (χ0) is 13.9. The van der Waals surface area contributed by atoms with E-state index in [0.29, 0.717) is 11.6 Å². The second-order valence-electron chi connectivity index (χ2n) is 5.09. The van der Waals surface area contributed by atoms with Crippen LogP contribution in [0.15, 0.2) is 37.2 Å². The van der Waals surface area contributed by atoms with Gasteiger partial charge >= 0.3 is 0 Å². The Balaban J connectivity index is 1.85. The van der Waals surface area contributed by atoms with Crippen LogP contribution in [-0.2, 0) is 0 Å². The molecular weight excluding hydrogens is 252 g/mol. The first-order chi connectivity index (χ1) is 9.75. The third-order valence-corrected chi connectivity index (χ3v) is 3.82. The van der Waals surface area contributed by atoms with Crippen molar-refractivity contribution in [3.8, 4) is 11.1 Å². The summed E-state index contributed by atoms with van der Waals surface area (Å²) in [4.78, 5) is 26.4. The van der Waals surface area contributed by atoms with Gasteiger partial charge in [0.15, 0.2) is 0 Å². The molecule has 0 unspecified atom stereocenters. The van der Waals surface area contributed by atoms with Crippen molar-refractivity contribution in [1.29, 1.82) is 0 Å². The molecule has 1 saturated carbocycles. The first-order valence-electron chi connectivity index (χ1n) is 6.73. The summed E-state index contributed by atoms with van der Waals surface area (Å²) in [5.41, 5.74) is 2.33. The van der Waals surface area contributed by atoms with Gasteiger partial charge in [0.1, 0.15) is 6.33 Å². The molecule has 2 aromatic heterocycles. The molecule has 102 valence electrons. The number of pyridine rings is 1. The Bertz CT molecular complexity index is 610. The van der Waals surface area contributed by atoms with E-state index in [-0.39, 0.29) is 5.91 Å². The maximum Gasteiger partial charge on any atom is 0.255 e. The summed E-state index contributed by atoms with van der Waals surface area (Å²) in [6.45, 7) is 0. The highest BCUT2D eigenvalue weighted by Gasteiger charge is 2.26. The number of carbonyl (C=O) groups excluding carboxylic acids is 1. The summed E-state index contributed by atoms with van der Waals surface area (Å²) in [5.74, 6) is 0.0286. The molecule has 1 aliphatic rings. The third-order valence-electron chi connectivity index (χ3n) is 3.82. The molecule has 0 atom stereocenters. The van der Waals surface area contributed by atoms with Crippen LogP contribution in [-0.4, -0.2) is 38.8 Å². The van der Waals surface area contributed by atoms with Gasteiger partial charge in [-0.1, -0.05) is 0 Å². The highest BCUT2D eigenvalue weighted by molar-refractivity contribution is 5.95. The third kappa shape index (κ3) is 2.39. The molecule has 20 heavy (non-hydrogen) atoms. The molecule has 5 heteroatoms. The van der Waals surface area contributed by atoms with Crippen LogP contribution in [0.3, 0.4) is 0 Å². The number of amides is 1. The normalized spacial score (nSPS) is 14.7. The van der Waals surface area contributed by atoms with Crippen LogP contribution in [0.25, 0.3) is 11.1 Å². The van der Waals surface area contributed by atoms with Crippen LogP contribution in [0.2, 0.25) is 0 Å². The Morgan fingerprint density at radius 1 is 1.10 bits per heavy atom. The number of hydrogen-bond acceptors (Lipinski definition) is 4.